The second-order valence-corrected chi connectivity index (χ2v) is 4.83. The molecular formula is C13H20FN5. The van der Waals surface area contributed by atoms with E-state index in [-0.39, 0.29) is 0 Å². The minimum Gasteiger partial charge on any atom is -0.378 e. The van der Waals surface area contributed by atoms with Gasteiger partial charge in [-0.1, -0.05) is 0 Å². The van der Waals surface area contributed by atoms with Gasteiger partial charge in [-0.15, -0.1) is 0 Å². The van der Waals surface area contributed by atoms with Crippen molar-refractivity contribution in [2.45, 2.75) is 39.9 Å². The highest BCUT2D eigenvalue weighted by atomic mass is 19.1. The maximum atomic E-state index is 12.2. The number of hydrogen-bond donors (Lipinski definition) is 1. The molecule has 0 unspecified atom stereocenters. The molecule has 0 aromatic carbocycles. The van der Waals surface area contributed by atoms with Crippen molar-refractivity contribution >= 4 is 5.69 Å². The van der Waals surface area contributed by atoms with Crippen molar-refractivity contribution in [3.05, 3.63) is 29.8 Å². The van der Waals surface area contributed by atoms with E-state index in [9.17, 15) is 4.39 Å². The van der Waals surface area contributed by atoms with Crippen LogP contribution in [0.25, 0.3) is 0 Å². The Kier molecular flexibility index (Phi) is 4.19. The topological polar surface area (TPSA) is 47.7 Å². The Morgan fingerprint density at radius 2 is 2.11 bits per heavy atom. The predicted molar refractivity (Wildman–Crippen MR) is 72.9 cm³/mol. The number of nitrogens with zero attached hydrogens (tertiary/aromatic N) is 4. The molecule has 2 heterocycles. The molecule has 0 fully saturated rings. The fraction of sp³-hybridized carbons (Fsp3) is 0.538. The van der Waals surface area contributed by atoms with Crippen molar-refractivity contribution in [2.75, 3.05) is 12.0 Å². The number of hydrogen-bond acceptors (Lipinski definition) is 3. The van der Waals surface area contributed by atoms with Gasteiger partial charge in [-0.3, -0.25) is 9.36 Å². The van der Waals surface area contributed by atoms with E-state index in [0.717, 1.165) is 11.3 Å². The summed E-state index contributed by atoms with van der Waals surface area (Å²) in [5.41, 5.74) is 3.22. The standard InChI is InChI=1S/C13H20FN5/c1-10(2)19-11(3)12(7-17-19)6-15-13-8-16-18(9-13)5-4-14/h7-10,15H,4-6H2,1-3H3. The third kappa shape index (κ3) is 3.13. The Hall–Kier alpha value is -1.85. The lowest BCUT2D eigenvalue weighted by Crippen LogP contribution is -2.06. The predicted octanol–water partition coefficient (Wildman–Crippen LogP) is 2.55. The van der Waals surface area contributed by atoms with E-state index in [2.05, 4.69) is 36.3 Å². The zero-order chi connectivity index (χ0) is 13.8. The van der Waals surface area contributed by atoms with Gasteiger partial charge in [0.15, 0.2) is 0 Å². The van der Waals surface area contributed by atoms with Crippen molar-refractivity contribution in [1.82, 2.24) is 19.6 Å². The molecule has 0 aliphatic rings. The smallest absolute Gasteiger partial charge is 0.109 e. The van der Waals surface area contributed by atoms with Gasteiger partial charge in [0.25, 0.3) is 0 Å². The van der Waals surface area contributed by atoms with Gasteiger partial charge in [-0.05, 0) is 20.8 Å². The number of nitrogens with one attached hydrogen (secondary N) is 1. The molecule has 0 saturated heterocycles. The van der Waals surface area contributed by atoms with Crippen LogP contribution in [0, 0.1) is 6.92 Å². The van der Waals surface area contributed by atoms with E-state index < -0.39 is 6.67 Å². The lowest BCUT2D eigenvalue weighted by molar-refractivity contribution is 0.427. The maximum absolute atomic E-state index is 12.2. The molecule has 0 radical (unpaired) electrons. The zero-order valence-electron chi connectivity index (χ0n) is 11.6. The van der Waals surface area contributed by atoms with Crippen molar-refractivity contribution in [3.8, 4) is 0 Å². The Morgan fingerprint density at radius 1 is 1.32 bits per heavy atom. The first-order chi connectivity index (χ1) is 9.11. The largest absolute Gasteiger partial charge is 0.378 e. The van der Waals surface area contributed by atoms with Crippen molar-refractivity contribution < 1.29 is 4.39 Å². The van der Waals surface area contributed by atoms with Gasteiger partial charge in [-0.2, -0.15) is 10.2 Å². The number of halogens is 1. The van der Waals surface area contributed by atoms with Crippen LogP contribution in [0.4, 0.5) is 10.1 Å². The van der Waals surface area contributed by atoms with Crippen molar-refractivity contribution in [1.29, 1.82) is 0 Å². The highest BCUT2D eigenvalue weighted by Crippen LogP contribution is 2.14. The van der Waals surface area contributed by atoms with Crippen LogP contribution in [0.3, 0.4) is 0 Å². The summed E-state index contributed by atoms with van der Waals surface area (Å²) in [6.45, 7) is 6.88. The molecule has 6 heteroatoms. The lowest BCUT2D eigenvalue weighted by atomic mass is 10.2. The first-order valence-corrected chi connectivity index (χ1v) is 6.47. The Bertz CT molecular complexity index is 529. The molecule has 2 aromatic heterocycles. The average molecular weight is 265 g/mol. The second-order valence-electron chi connectivity index (χ2n) is 4.83. The quantitative estimate of drug-likeness (QED) is 0.873. The van der Waals surface area contributed by atoms with E-state index in [0.29, 0.717) is 19.1 Å². The Balaban J connectivity index is 1.98. The maximum Gasteiger partial charge on any atom is 0.109 e. The molecule has 0 amide bonds. The SMILES string of the molecule is Cc1c(CNc2cnn(CCF)c2)cnn1C(C)C. The lowest BCUT2D eigenvalue weighted by Gasteiger charge is -2.09. The zero-order valence-corrected chi connectivity index (χ0v) is 11.6. The number of aryl methyl sites for hydroxylation is 1. The third-order valence-electron chi connectivity index (χ3n) is 3.07. The normalized spacial score (nSPS) is 11.2. The molecule has 104 valence electrons. The summed E-state index contributed by atoms with van der Waals surface area (Å²) in [7, 11) is 0. The fourth-order valence-corrected chi connectivity index (χ4v) is 2.01. The molecule has 0 saturated carbocycles. The number of aromatic nitrogens is 4. The summed E-state index contributed by atoms with van der Waals surface area (Å²) in [6.07, 6.45) is 5.40. The van der Waals surface area contributed by atoms with Gasteiger partial charge >= 0.3 is 0 Å². The van der Waals surface area contributed by atoms with Gasteiger partial charge in [0.2, 0.25) is 0 Å². The van der Waals surface area contributed by atoms with Crippen LogP contribution in [-0.4, -0.2) is 26.2 Å². The molecule has 2 aromatic rings. The number of anilines is 1. The molecule has 0 aliphatic heterocycles. The van der Waals surface area contributed by atoms with Crippen molar-refractivity contribution in [3.63, 3.8) is 0 Å². The van der Waals surface area contributed by atoms with E-state index in [4.69, 9.17) is 0 Å². The van der Waals surface area contributed by atoms with Crippen LogP contribution < -0.4 is 5.32 Å². The first kappa shape index (κ1) is 13.6. The van der Waals surface area contributed by atoms with Gasteiger partial charge < -0.3 is 5.32 Å². The third-order valence-corrected chi connectivity index (χ3v) is 3.07. The molecule has 2 rings (SSSR count). The van der Waals surface area contributed by atoms with Gasteiger partial charge in [0.1, 0.15) is 6.67 Å². The molecule has 0 atom stereocenters. The van der Waals surface area contributed by atoms with Gasteiger partial charge in [0, 0.05) is 30.0 Å². The van der Waals surface area contributed by atoms with Gasteiger partial charge in [-0.25, -0.2) is 4.39 Å². The Labute approximate surface area is 112 Å². The van der Waals surface area contributed by atoms with Crippen LogP contribution in [0.15, 0.2) is 18.6 Å². The summed E-state index contributed by atoms with van der Waals surface area (Å²) >= 11 is 0. The van der Waals surface area contributed by atoms with Crippen LogP contribution in [0.5, 0.6) is 0 Å². The molecule has 0 spiro atoms. The molecule has 5 nitrogen and oxygen atoms in total. The van der Waals surface area contributed by atoms with Gasteiger partial charge in [0.05, 0.1) is 24.6 Å². The molecule has 0 aliphatic carbocycles. The van der Waals surface area contributed by atoms with E-state index in [1.54, 1.807) is 10.9 Å². The van der Waals surface area contributed by atoms with Crippen LogP contribution >= 0.6 is 0 Å². The molecule has 0 bridgehead atoms. The Morgan fingerprint density at radius 3 is 2.74 bits per heavy atom. The molecule has 1 N–H and O–H groups in total. The summed E-state index contributed by atoms with van der Waals surface area (Å²) in [5, 5.41) is 11.7. The molecular weight excluding hydrogens is 245 g/mol. The first-order valence-electron chi connectivity index (χ1n) is 6.47. The number of alkyl halides is 1. The summed E-state index contributed by atoms with van der Waals surface area (Å²) in [4.78, 5) is 0. The highest BCUT2D eigenvalue weighted by Gasteiger charge is 2.08. The average Bonchev–Trinajstić information content (AvgIpc) is 2.94. The van der Waals surface area contributed by atoms with E-state index in [1.165, 1.54) is 5.69 Å². The summed E-state index contributed by atoms with van der Waals surface area (Å²) in [6, 6.07) is 0.362. The monoisotopic (exact) mass is 265 g/mol. The minimum absolute atomic E-state index is 0.298. The number of rotatable bonds is 6. The van der Waals surface area contributed by atoms with Crippen LogP contribution in [0.1, 0.15) is 31.1 Å². The minimum atomic E-state index is -0.401. The molecule has 19 heavy (non-hydrogen) atoms. The van der Waals surface area contributed by atoms with E-state index in [1.807, 2.05) is 17.1 Å². The summed E-state index contributed by atoms with van der Waals surface area (Å²) in [5.74, 6) is 0. The van der Waals surface area contributed by atoms with Crippen LogP contribution in [0.2, 0.25) is 0 Å². The fourth-order valence-electron chi connectivity index (χ4n) is 2.01. The second kappa shape index (κ2) is 5.86. The van der Waals surface area contributed by atoms with Crippen LogP contribution in [-0.2, 0) is 13.1 Å². The van der Waals surface area contributed by atoms with Crippen molar-refractivity contribution in [2.24, 2.45) is 0 Å². The summed E-state index contributed by atoms with van der Waals surface area (Å²) < 4.78 is 15.8. The van der Waals surface area contributed by atoms with E-state index >= 15 is 0 Å². The highest BCUT2D eigenvalue weighted by molar-refractivity contribution is 5.39.